The van der Waals surface area contributed by atoms with E-state index in [0.29, 0.717) is 31.1 Å². The zero-order chi connectivity index (χ0) is 14.5. The van der Waals surface area contributed by atoms with Crippen LogP contribution in [0.2, 0.25) is 5.02 Å². The van der Waals surface area contributed by atoms with Crippen LogP contribution in [0.15, 0.2) is 24.3 Å². The molecule has 5 heteroatoms. The second kappa shape index (κ2) is 7.07. The zero-order valence-corrected chi connectivity index (χ0v) is 12.5. The molecule has 0 saturated carbocycles. The van der Waals surface area contributed by atoms with Crippen molar-refractivity contribution in [2.75, 3.05) is 19.7 Å². The minimum atomic E-state index is -0.0692. The number of morpholine rings is 1. The molecule has 0 spiro atoms. The molecule has 2 N–H and O–H groups in total. The number of benzene rings is 1. The van der Waals surface area contributed by atoms with Crippen molar-refractivity contribution in [3.8, 4) is 0 Å². The van der Waals surface area contributed by atoms with E-state index in [2.05, 4.69) is 0 Å². The monoisotopic (exact) mass is 296 g/mol. The Morgan fingerprint density at radius 2 is 2.20 bits per heavy atom. The number of nitrogens with two attached hydrogens (primary N) is 1. The highest BCUT2D eigenvalue weighted by Gasteiger charge is 2.25. The number of nitrogens with zero attached hydrogens (tertiary/aromatic N) is 1. The number of carbonyl (C=O) groups is 1. The molecule has 1 amide bonds. The lowest BCUT2D eigenvalue weighted by Gasteiger charge is -2.33. The molecular weight excluding hydrogens is 276 g/mol. The lowest BCUT2D eigenvalue weighted by Crippen LogP contribution is -2.42. The largest absolute Gasteiger partial charge is 0.370 e. The van der Waals surface area contributed by atoms with Crippen molar-refractivity contribution in [1.29, 1.82) is 0 Å². The Balaban J connectivity index is 1.94. The number of halogens is 1. The first-order valence-electron chi connectivity index (χ1n) is 6.96. The molecule has 2 rings (SSSR count). The Hall–Kier alpha value is -1.10. The maximum absolute atomic E-state index is 12.1. The van der Waals surface area contributed by atoms with Crippen LogP contribution in [-0.4, -0.2) is 36.5 Å². The Bertz CT molecular complexity index is 448. The predicted molar refractivity (Wildman–Crippen MR) is 79.6 cm³/mol. The summed E-state index contributed by atoms with van der Waals surface area (Å²) in [7, 11) is 0. The maximum atomic E-state index is 12.1. The molecule has 0 radical (unpaired) electrons. The molecule has 1 aromatic rings. The van der Waals surface area contributed by atoms with Gasteiger partial charge in [-0.2, -0.15) is 0 Å². The van der Waals surface area contributed by atoms with Crippen LogP contribution >= 0.6 is 11.6 Å². The van der Waals surface area contributed by atoms with Gasteiger partial charge in [-0.05, 0) is 31.0 Å². The molecule has 1 fully saturated rings. The molecule has 1 aliphatic rings. The highest BCUT2D eigenvalue weighted by atomic mass is 35.5. The number of hydrogen-bond acceptors (Lipinski definition) is 3. The molecule has 110 valence electrons. The number of ether oxygens (including phenoxy) is 1. The molecule has 0 aliphatic carbocycles. The highest BCUT2D eigenvalue weighted by Crippen LogP contribution is 2.24. The molecule has 1 aromatic carbocycles. The summed E-state index contributed by atoms with van der Waals surface area (Å²) in [4.78, 5) is 14.0. The average Bonchev–Trinajstić information content (AvgIpc) is 2.45. The van der Waals surface area contributed by atoms with E-state index in [1.165, 1.54) is 0 Å². The predicted octanol–water partition coefficient (Wildman–Crippen LogP) is 2.37. The standard InChI is InChI=1S/C15H21ClN2O2/c1-11(17)2-7-15(19)18-8-9-20-14(10-18)12-3-5-13(16)6-4-12/h3-6,11,14H,2,7-10,17H2,1H3. The number of carbonyl (C=O) groups excluding carboxylic acids is 1. The molecule has 1 saturated heterocycles. The molecule has 0 aromatic heterocycles. The normalized spacial score (nSPS) is 20.8. The average molecular weight is 297 g/mol. The lowest BCUT2D eigenvalue weighted by molar-refractivity contribution is -0.139. The topological polar surface area (TPSA) is 55.6 Å². The Morgan fingerprint density at radius 1 is 1.50 bits per heavy atom. The van der Waals surface area contributed by atoms with Crippen LogP contribution in [0, 0.1) is 0 Å². The third kappa shape index (κ3) is 4.20. The van der Waals surface area contributed by atoms with Crippen molar-refractivity contribution in [3.63, 3.8) is 0 Å². The second-order valence-corrected chi connectivity index (χ2v) is 5.70. The van der Waals surface area contributed by atoms with Gasteiger partial charge in [0.2, 0.25) is 5.91 Å². The van der Waals surface area contributed by atoms with E-state index < -0.39 is 0 Å². The third-order valence-electron chi connectivity index (χ3n) is 3.47. The van der Waals surface area contributed by atoms with Crippen LogP contribution in [0.5, 0.6) is 0 Å². The summed E-state index contributed by atoms with van der Waals surface area (Å²) in [5.74, 6) is 0.157. The van der Waals surface area contributed by atoms with Gasteiger partial charge in [0.15, 0.2) is 0 Å². The van der Waals surface area contributed by atoms with E-state index in [0.717, 1.165) is 12.0 Å². The highest BCUT2D eigenvalue weighted by molar-refractivity contribution is 6.30. The maximum Gasteiger partial charge on any atom is 0.222 e. The summed E-state index contributed by atoms with van der Waals surface area (Å²) in [5, 5.41) is 0.703. The Labute approximate surface area is 124 Å². The van der Waals surface area contributed by atoms with Gasteiger partial charge in [0, 0.05) is 24.0 Å². The smallest absolute Gasteiger partial charge is 0.222 e. The van der Waals surface area contributed by atoms with Crippen molar-refractivity contribution < 1.29 is 9.53 Å². The quantitative estimate of drug-likeness (QED) is 0.928. The summed E-state index contributed by atoms with van der Waals surface area (Å²) in [6.07, 6.45) is 1.16. The fraction of sp³-hybridized carbons (Fsp3) is 0.533. The van der Waals surface area contributed by atoms with E-state index in [4.69, 9.17) is 22.1 Å². The molecule has 2 atom stereocenters. The van der Waals surface area contributed by atoms with Gasteiger partial charge in [-0.15, -0.1) is 0 Å². The van der Waals surface area contributed by atoms with E-state index >= 15 is 0 Å². The van der Waals surface area contributed by atoms with Gasteiger partial charge in [-0.3, -0.25) is 4.79 Å². The number of hydrogen-bond donors (Lipinski definition) is 1. The van der Waals surface area contributed by atoms with Crippen molar-refractivity contribution >= 4 is 17.5 Å². The van der Waals surface area contributed by atoms with Gasteiger partial charge in [0.25, 0.3) is 0 Å². The van der Waals surface area contributed by atoms with E-state index in [1.807, 2.05) is 36.1 Å². The van der Waals surface area contributed by atoms with Gasteiger partial charge >= 0.3 is 0 Å². The van der Waals surface area contributed by atoms with Crippen molar-refractivity contribution in [3.05, 3.63) is 34.9 Å². The van der Waals surface area contributed by atoms with Crippen molar-refractivity contribution in [2.24, 2.45) is 5.73 Å². The van der Waals surface area contributed by atoms with Crippen LogP contribution in [0.3, 0.4) is 0 Å². The summed E-state index contributed by atoms with van der Waals surface area (Å²) in [6, 6.07) is 7.65. The molecule has 1 heterocycles. The molecule has 4 nitrogen and oxygen atoms in total. The van der Waals surface area contributed by atoms with Crippen molar-refractivity contribution in [2.45, 2.75) is 31.9 Å². The molecule has 0 bridgehead atoms. The zero-order valence-electron chi connectivity index (χ0n) is 11.7. The Kier molecular flexibility index (Phi) is 5.40. The van der Waals surface area contributed by atoms with E-state index in [-0.39, 0.29) is 18.1 Å². The third-order valence-corrected chi connectivity index (χ3v) is 3.73. The lowest BCUT2D eigenvalue weighted by atomic mass is 10.1. The fourth-order valence-corrected chi connectivity index (χ4v) is 2.39. The summed E-state index contributed by atoms with van der Waals surface area (Å²) in [6.45, 7) is 3.74. The SMILES string of the molecule is CC(N)CCC(=O)N1CCOC(c2ccc(Cl)cc2)C1. The summed E-state index contributed by atoms with van der Waals surface area (Å²) < 4.78 is 5.75. The second-order valence-electron chi connectivity index (χ2n) is 5.27. The molecule has 1 aliphatic heterocycles. The number of amides is 1. The first kappa shape index (κ1) is 15.3. The minimum Gasteiger partial charge on any atom is -0.370 e. The van der Waals surface area contributed by atoms with Gasteiger partial charge in [0.05, 0.1) is 13.2 Å². The first-order chi connectivity index (χ1) is 9.56. The van der Waals surface area contributed by atoms with Crippen LogP contribution in [-0.2, 0) is 9.53 Å². The van der Waals surface area contributed by atoms with Crippen LogP contribution < -0.4 is 5.73 Å². The van der Waals surface area contributed by atoms with E-state index in [1.54, 1.807) is 0 Å². The van der Waals surface area contributed by atoms with E-state index in [9.17, 15) is 4.79 Å². The first-order valence-corrected chi connectivity index (χ1v) is 7.34. The Morgan fingerprint density at radius 3 is 2.85 bits per heavy atom. The summed E-state index contributed by atoms with van der Waals surface area (Å²) >= 11 is 5.88. The van der Waals surface area contributed by atoms with Gasteiger partial charge < -0.3 is 15.4 Å². The minimum absolute atomic E-state index is 0.0621. The van der Waals surface area contributed by atoms with Crippen LogP contribution in [0.1, 0.15) is 31.4 Å². The number of rotatable bonds is 4. The molecule has 2 unspecified atom stereocenters. The van der Waals surface area contributed by atoms with Crippen molar-refractivity contribution in [1.82, 2.24) is 4.90 Å². The fourth-order valence-electron chi connectivity index (χ4n) is 2.26. The van der Waals surface area contributed by atoms with Gasteiger partial charge in [-0.1, -0.05) is 23.7 Å². The molecule has 20 heavy (non-hydrogen) atoms. The van der Waals surface area contributed by atoms with Gasteiger partial charge in [-0.25, -0.2) is 0 Å². The van der Waals surface area contributed by atoms with Gasteiger partial charge in [0.1, 0.15) is 6.10 Å². The van der Waals surface area contributed by atoms with Crippen LogP contribution in [0.25, 0.3) is 0 Å². The summed E-state index contributed by atoms with van der Waals surface area (Å²) in [5.41, 5.74) is 6.75. The van der Waals surface area contributed by atoms with Crippen LogP contribution in [0.4, 0.5) is 0 Å². The molecular formula is C15H21ClN2O2.